The van der Waals surface area contributed by atoms with Crippen molar-refractivity contribution in [3.05, 3.63) is 88.5 Å². The molecule has 2 aliphatic heterocycles. The topological polar surface area (TPSA) is 19.6 Å². The van der Waals surface area contributed by atoms with E-state index in [9.17, 15) is 0 Å². The first kappa shape index (κ1) is 54.3. The molecule has 0 saturated carbocycles. The van der Waals surface area contributed by atoms with E-state index in [-0.39, 0.29) is 28.4 Å². The molecular weight excluding hydrogens is 939 g/mol. The molecule has 3 nitrogen and oxygen atoms in total. The number of anilines is 6. The maximum atomic E-state index is 7.82. The summed E-state index contributed by atoms with van der Waals surface area (Å²) in [5, 5.41) is 1.21. The Bertz CT molecular complexity index is 3990. The van der Waals surface area contributed by atoms with Crippen molar-refractivity contribution in [3.8, 4) is 22.3 Å². The number of nitrogens with zero attached hydrogens (tertiary/aromatic N) is 2. The molecule has 7 aromatic carbocycles. The molecule has 0 fully saturated rings. The Kier molecular flexibility index (Phi) is 12.2. The first-order valence-electron chi connectivity index (χ1n) is 29.8. The summed E-state index contributed by atoms with van der Waals surface area (Å²) >= 11 is 0. The molecule has 4 aliphatic rings. The van der Waals surface area contributed by atoms with E-state index in [2.05, 4.69) is 243 Å². The highest BCUT2D eigenvalue weighted by molar-refractivity contribution is 7.00. The van der Waals surface area contributed by atoms with Crippen molar-refractivity contribution in [2.45, 2.75) is 110 Å². The van der Waals surface area contributed by atoms with Gasteiger partial charge in [0.2, 0.25) is 0 Å². The fraction of sp³-hybridized carbons (Fsp3) is 0.279. The Labute approximate surface area is 486 Å². The molecule has 2 aliphatic carbocycles. The predicted molar refractivity (Wildman–Crippen MR) is 391 cm³/mol. The number of aryl methyl sites for hydroxylation is 1. The summed E-state index contributed by atoms with van der Waals surface area (Å²) in [6.07, 6.45) is 4.63. The maximum absolute atomic E-state index is 7.82. The van der Waals surface area contributed by atoms with E-state index < -0.39 is 0 Å². The molecule has 0 unspecified atom stereocenters. The molecule has 0 amide bonds. The second-order valence-electron chi connectivity index (χ2n) is 28.3. The molecular formula is C61H73B15N2O. The van der Waals surface area contributed by atoms with E-state index in [1.807, 2.05) is 0 Å². The van der Waals surface area contributed by atoms with E-state index in [1.165, 1.54) is 183 Å². The number of benzene rings is 7. The molecule has 0 atom stereocenters. The van der Waals surface area contributed by atoms with E-state index in [1.54, 1.807) is 0 Å². The van der Waals surface area contributed by atoms with Gasteiger partial charge in [0, 0.05) is 33.8 Å². The van der Waals surface area contributed by atoms with Crippen LogP contribution in [-0.4, -0.2) is 117 Å². The summed E-state index contributed by atoms with van der Waals surface area (Å²) < 4.78 is 7.82. The van der Waals surface area contributed by atoms with Crippen molar-refractivity contribution in [3.63, 3.8) is 0 Å². The molecule has 0 saturated heterocycles. The summed E-state index contributed by atoms with van der Waals surface area (Å²) in [6.45, 7) is 21.8. The minimum atomic E-state index is -0.180. The number of hydrogen-bond acceptors (Lipinski definition) is 3. The molecule has 378 valence electrons. The van der Waals surface area contributed by atoms with Crippen LogP contribution in [0.5, 0.6) is 0 Å². The second-order valence-corrected chi connectivity index (χ2v) is 28.3. The van der Waals surface area contributed by atoms with Gasteiger partial charge >= 0.3 is 0 Å². The molecule has 0 spiro atoms. The molecule has 79 heavy (non-hydrogen) atoms. The number of hydrogen-bond donors (Lipinski definition) is 0. The lowest BCUT2D eigenvalue weighted by Crippen LogP contribution is -2.62. The Hall–Kier alpha value is -5.35. The van der Waals surface area contributed by atoms with E-state index >= 15 is 0 Å². The van der Waals surface area contributed by atoms with Crippen molar-refractivity contribution in [1.29, 1.82) is 0 Å². The third-order valence-corrected chi connectivity index (χ3v) is 22.2. The fourth-order valence-electron chi connectivity index (χ4n) is 15.9. The van der Waals surface area contributed by atoms with Crippen LogP contribution in [0, 0.1) is 6.92 Å². The first-order valence-corrected chi connectivity index (χ1v) is 29.8. The highest BCUT2D eigenvalue weighted by Gasteiger charge is 2.49. The van der Waals surface area contributed by atoms with Crippen LogP contribution in [-0.2, 0) is 21.7 Å². The van der Waals surface area contributed by atoms with E-state index in [4.69, 9.17) is 4.42 Å². The van der Waals surface area contributed by atoms with Gasteiger partial charge in [-0.2, -0.15) is 0 Å². The predicted octanol–water partition coefficient (Wildman–Crippen LogP) is -9.53. The lowest BCUT2D eigenvalue weighted by atomic mass is 9.35. The quantitative estimate of drug-likeness (QED) is 0.164. The van der Waals surface area contributed by atoms with Crippen molar-refractivity contribution < 1.29 is 4.42 Å². The fourth-order valence-corrected chi connectivity index (χ4v) is 15.9. The Morgan fingerprint density at radius 2 is 0.835 bits per heavy atom. The van der Waals surface area contributed by atoms with Crippen molar-refractivity contribution in [2.24, 2.45) is 0 Å². The number of fused-ring (bicyclic) bond motifs is 8. The molecule has 12 rings (SSSR count). The molecule has 3 heterocycles. The number of rotatable bonds is 4. The lowest BCUT2D eigenvalue weighted by Gasteiger charge is -2.45. The van der Waals surface area contributed by atoms with Gasteiger partial charge in [-0.15, -0.1) is 32.8 Å². The normalized spacial score (nSPS) is 17.0. The first-order chi connectivity index (χ1) is 36.9. The zero-order valence-electron chi connectivity index (χ0n) is 52.5. The Balaban J connectivity index is 1.23. The Morgan fingerprint density at radius 3 is 1.35 bits per heavy atom. The Morgan fingerprint density at radius 1 is 0.405 bits per heavy atom. The van der Waals surface area contributed by atoms with Crippen molar-refractivity contribution in [2.75, 3.05) is 9.80 Å². The highest BCUT2D eigenvalue weighted by atomic mass is 16.3. The van der Waals surface area contributed by atoms with Crippen LogP contribution in [0.1, 0.15) is 109 Å². The van der Waals surface area contributed by atoms with Gasteiger partial charge < -0.3 is 14.2 Å². The molecule has 0 bridgehead atoms. The zero-order valence-corrected chi connectivity index (χ0v) is 52.5. The van der Waals surface area contributed by atoms with Crippen LogP contribution < -0.4 is 103 Å². The smallest absolute Gasteiger partial charge is 0.297 e. The monoisotopic (exact) mass is 1010 g/mol. The van der Waals surface area contributed by atoms with Crippen LogP contribution >= 0.6 is 0 Å². The van der Waals surface area contributed by atoms with Gasteiger partial charge in [0.15, 0.2) is 0 Å². The van der Waals surface area contributed by atoms with Crippen LogP contribution in [0.4, 0.5) is 34.1 Å². The summed E-state index contributed by atoms with van der Waals surface area (Å²) in [5.74, 6) is 0. The van der Waals surface area contributed by atoms with Gasteiger partial charge in [0.05, 0.1) is 11.3 Å². The molecule has 0 N–H and O–H groups in total. The average molecular weight is 1010 g/mol. The van der Waals surface area contributed by atoms with Gasteiger partial charge in [0.1, 0.15) is 115 Å². The highest BCUT2D eigenvalue weighted by Crippen LogP contribution is 2.53. The van der Waals surface area contributed by atoms with E-state index in [0.717, 1.165) is 30.5 Å². The van der Waals surface area contributed by atoms with Crippen LogP contribution in [0.2, 0.25) is 0 Å². The van der Waals surface area contributed by atoms with Crippen LogP contribution in [0.3, 0.4) is 0 Å². The van der Waals surface area contributed by atoms with Crippen LogP contribution in [0.15, 0.2) is 65.1 Å². The minimum Gasteiger partial charge on any atom is -0.468 e. The van der Waals surface area contributed by atoms with E-state index in [0.29, 0.717) is 0 Å². The number of furan rings is 1. The molecule has 1 aromatic heterocycles. The van der Waals surface area contributed by atoms with Gasteiger partial charge in [-0.1, -0.05) is 117 Å². The third-order valence-electron chi connectivity index (χ3n) is 22.2. The average Bonchev–Trinajstić information content (AvgIpc) is 4.07. The van der Waals surface area contributed by atoms with Gasteiger partial charge in [-0.05, 0) is 158 Å². The van der Waals surface area contributed by atoms with Gasteiger partial charge in [0.25, 0.3) is 6.71 Å². The standard InChI is InChI=1S/C61H73B15N2O/c1-24-18-34-54-35(19-24)78(56-52(74)44(66)39(45(67)53(56)75)38-42(64)48(70)51(73)49(71)43(38)65)33-13-10-25(37-40(62)46(68)50(72)47(69)41(37)63)20-32(33)76(54)57-55(27-22-30-31(23-36(27)79-57)61(8,9)17-16-60(30,6)7)77(34)26-11-12-28-29(21-26)59(4,5)15-14-58(28,2)3/h10-13,18-23H,14-17,62-75H2,1-9H3. The largest absolute Gasteiger partial charge is 0.468 e. The third kappa shape index (κ3) is 7.59. The summed E-state index contributed by atoms with van der Waals surface area (Å²) in [7, 11) is 32.8. The van der Waals surface area contributed by atoms with Crippen LogP contribution in [0.25, 0.3) is 33.2 Å². The molecule has 8 aromatic rings. The van der Waals surface area contributed by atoms with Crippen molar-refractivity contribution in [1.82, 2.24) is 0 Å². The maximum Gasteiger partial charge on any atom is 0.297 e. The summed E-state index contributed by atoms with van der Waals surface area (Å²) in [4.78, 5) is 5.36. The van der Waals surface area contributed by atoms with Gasteiger partial charge in [-0.3, -0.25) is 0 Å². The summed E-state index contributed by atoms with van der Waals surface area (Å²) in [5.41, 5.74) is 43.8. The van der Waals surface area contributed by atoms with Crippen molar-refractivity contribution >= 4 is 255 Å². The SMILES string of the molecule is Bc1c(B)c(B)c(-c2ccc3c(c2)B2c4oc5cc6c(cc5c4N(c4ccc5c(c4)C(C)(C)CCC5(C)C)c4cc(C)cc(c42)N3c2c(B)c(B)c(-c3c(B)c(B)c(B)c(B)c3B)c(B)c2B)C(C)(C)CCC6(C)C)c(B)c1B. The second kappa shape index (κ2) is 17.8. The zero-order chi connectivity index (χ0) is 57.0. The molecule has 0 radical (unpaired) electrons. The molecule has 18 heteroatoms. The van der Waals surface area contributed by atoms with Gasteiger partial charge in [-0.25, -0.2) is 0 Å². The minimum absolute atomic E-state index is 0.0225. The summed E-state index contributed by atoms with van der Waals surface area (Å²) in [6, 6.07) is 25.1. The lowest BCUT2D eigenvalue weighted by molar-refractivity contribution is 0.332.